The molecule has 3 aromatic rings. The second kappa shape index (κ2) is 15.6. The van der Waals surface area contributed by atoms with Crippen LogP contribution in [0.1, 0.15) is 43.0 Å². The quantitative estimate of drug-likeness (QED) is 0.145. The SMILES string of the molecule is [C-]#[N+]COc1cc(S(=O)(=O)NC(C)=O)c(F)cc1NCC#Cc1sc2c(NC3CCC(N4CCS(=O)(=O)CC4)CC3)cccc2c1CC(F)(F)F. The van der Waals surface area contributed by atoms with E-state index in [2.05, 4.69) is 32.2 Å². The van der Waals surface area contributed by atoms with Gasteiger partial charge >= 0.3 is 12.9 Å². The first-order chi connectivity index (χ1) is 24.0. The van der Waals surface area contributed by atoms with Gasteiger partial charge in [-0.1, -0.05) is 24.0 Å². The highest BCUT2D eigenvalue weighted by atomic mass is 32.2. The first kappa shape index (κ1) is 38.1. The largest absolute Gasteiger partial charge is 0.424 e. The van der Waals surface area contributed by atoms with Gasteiger partial charge in [-0.25, -0.2) is 32.5 Å². The Morgan fingerprint density at radius 3 is 2.49 bits per heavy atom. The van der Waals surface area contributed by atoms with E-state index in [4.69, 9.17) is 11.3 Å². The molecule has 0 atom stereocenters. The Hall–Kier alpha value is -4.10. The molecule has 2 fully saturated rings. The summed E-state index contributed by atoms with van der Waals surface area (Å²) in [6.45, 7) is 8.25. The molecule has 0 radical (unpaired) electrons. The van der Waals surface area contributed by atoms with Gasteiger partial charge in [0.05, 0.1) is 45.4 Å². The van der Waals surface area contributed by atoms with Crippen LogP contribution >= 0.6 is 11.3 Å². The van der Waals surface area contributed by atoms with E-state index in [1.165, 1.54) is 0 Å². The Bertz CT molecular complexity index is 2100. The third-order valence-corrected chi connectivity index (χ3v) is 12.9. The summed E-state index contributed by atoms with van der Waals surface area (Å²) in [5.41, 5.74) is 0.665. The van der Waals surface area contributed by atoms with E-state index >= 15 is 0 Å². The van der Waals surface area contributed by atoms with E-state index < -0.39 is 55.8 Å². The normalized spacial score (nSPS) is 19.4. The number of benzene rings is 2. The van der Waals surface area contributed by atoms with Gasteiger partial charge in [-0.2, -0.15) is 13.2 Å². The molecule has 1 amide bonds. The number of sulfonamides is 1. The van der Waals surface area contributed by atoms with Crippen LogP contribution in [0.5, 0.6) is 5.75 Å². The van der Waals surface area contributed by atoms with Crippen molar-refractivity contribution in [3.8, 4) is 17.6 Å². The molecule has 2 aliphatic rings. The van der Waals surface area contributed by atoms with Crippen LogP contribution in [0.15, 0.2) is 35.2 Å². The molecule has 11 nitrogen and oxygen atoms in total. The highest BCUT2D eigenvalue weighted by Crippen LogP contribution is 2.40. The summed E-state index contributed by atoms with van der Waals surface area (Å²) >= 11 is 1.13. The van der Waals surface area contributed by atoms with Gasteiger partial charge in [0.1, 0.15) is 10.7 Å². The van der Waals surface area contributed by atoms with Gasteiger partial charge in [0.25, 0.3) is 10.0 Å². The van der Waals surface area contributed by atoms with E-state index in [0.717, 1.165) is 56.1 Å². The van der Waals surface area contributed by atoms with Crippen molar-refractivity contribution in [2.24, 2.45) is 0 Å². The Labute approximate surface area is 297 Å². The lowest BCUT2D eigenvalue weighted by atomic mass is 9.90. The fourth-order valence-corrected chi connectivity index (χ4v) is 9.73. The van der Waals surface area contributed by atoms with Crippen molar-refractivity contribution in [2.75, 3.05) is 48.5 Å². The van der Waals surface area contributed by atoms with E-state index in [9.17, 15) is 39.2 Å². The summed E-state index contributed by atoms with van der Waals surface area (Å²) in [5.74, 6) is 3.54. The Morgan fingerprint density at radius 2 is 1.84 bits per heavy atom. The summed E-state index contributed by atoms with van der Waals surface area (Å²) in [6.07, 6.45) is -2.30. The van der Waals surface area contributed by atoms with Crippen LogP contribution in [-0.4, -0.2) is 83.8 Å². The molecule has 2 aromatic carbocycles. The molecular weight excluding hydrogens is 735 g/mol. The van der Waals surface area contributed by atoms with Gasteiger partial charge in [0, 0.05) is 44.2 Å². The third kappa shape index (κ3) is 9.82. The first-order valence-electron chi connectivity index (χ1n) is 15.9. The molecule has 1 aromatic heterocycles. The number of ether oxygens (including phenoxy) is 1. The molecule has 1 aliphatic heterocycles. The summed E-state index contributed by atoms with van der Waals surface area (Å²) < 4.78 is 112. The van der Waals surface area contributed by atoms with Crippen LogP contribution in [0, 0.1) is 24.2 Å². The zero-order chi connectivity index (χ0) is 37.0. The number of hydrogen-bond acceptors (Lipinski definition) is 10. The van der Waals surface area contributed by atoms with E-state index in [-0.39, 0.29) is 46.0 Å². The summed E-state index contributed by atoms with van der Waals surface area (Å²) in [4.78, 5) is 15.9. The zero-order valence-electron chi connectivity index (χ0n) is 27.4. The molecule has 0 unspecified atom stereocenters. The minimum Gasteiger partial charge on any atom is -0.424 e. The second-order valence-electron chi connectivity index (χ2n) is 12.2. The van der Waals surface area contributed by atoms with Crippen LogP contribution in [0.2, 0.25) is 0 Å². The second-order valence-corrected chi connectivity index (χ2v) is 17.2. The molecule has 274 valence electrons. The lowest BCUT2D eigenvalue weighted by Gasteiger charge is -2.39. The van der Waals surface area contributed by atoms with Gasteiger partial charge in [0.2, 0.25) is 5.91 Å². The Kier molecular flexibility index (Phi) is 11.7. The highest BCUT2D eigenvalue weighted by molar-refractivity contribution is 7.91. The molecular formula is C33H35F4N5O6S3. The van der Waals surface area contributed by atoms with Gasteiger partial charge in [-0.3, -0.25) is 14.5 Å². The predicted molar refractivity (Wildman–Crippen MR) is 186 cm³/mol. The molecule has 2 heterocycles. The summed E-state index contributed by atoms with van der Waals surface area (Å²) in [6, 6.07) is 7.15. The molecule has 0 spiro atoms. The summed E-state index contributed by atoms with van der Waals surface area (Å²) in [7, 11) is -7.54. The molecule has 51 heavy (non-hydrogen) atoms. The number of sulfone groups is 1. The standard InChI is InChI=1S/C33H35F4N5O6S3/c1-21(43)41-51(46,47)31-18-29(48-20-38-2)28(17-26(31)34)39-12-4-7-30-25(19-33(35,36)37)24-5-3-6-27(32(24)49-30)40-22-8-10-23(11-9-22)42-13-15-50(44,45)16-14-42/h3,5-6,17-18,22-23,39-40H,8-16,19-20H2,1H3,(H,41,43). The number of alkyl halides is 3. The maximum Gasteiger partial charge on any atom is 0.393 e. The molecule has 3 N–H and O–H groups in total. The first-order valence-corrected chi connectivity index (χ1v) is 20.0. The molecule has 1 saturated carbocycles. The highest BCUT2D eigenvalue weighted by Gasteiger charge is 2.33. The molecule has 0 bridgehead atoms. The van der Waals surface area contributed by atoms with E-state index in [0.29, 0.717) is 34.9 Å². The van der Waals surface area contributed by atoms with Crippen LogP contribution < -0.4 is 20.1 Å². The monoisotopic (exact) mass is 769 g/mol. The smallest absolute Gasteiger partial charge is 0.393 e. The molecule has 5 rings (SSSR count). The average Bonchev–Trinajstić information content (AvgIpc) is 3.38. The fourth-order valence-electron chi connectivity index (χ4n) is 6.27. The number of halogens is 4. The number of thiophene rings is 1. The van der Waals surface area contributed by atoms with Crippen LogP contribution in [0.25, 0.3) is 14.9 Å². The molecule has 18 heteroatoms. The van der Waals surface area contributed by atoms with Crippen molar-refractivity contribution in [3.63, 3.8) is 0 Å². The van der Waals surface area contributed by atoms with Gasteiger partial charge in [0.15, 0.2) is 15.6 Å². The van der Waals surface area contributed by atoms with Crippen molar-refractivity contribution in [1.82, 2.24) is 9.62 Å². The van der Waals surface area contributed by atoms with Gasteiger partial charge < -0.3 is 15.4 Å². The average molecular weight is 770 g/mol. The summed E-state index contributed by atoms with van der Waals surface area (Å²) in [5, 5.41) is 6.71. The topological polar surface area (TPSA) is 138 Å². The fraction of sp³-hybridized carbons (Fsp3) is 0.455. The number of nitrogens with zero attached hydrogens (tertiary/aromatic N) is 2. The number of nitrogens with one attached hydrogen (secondary N) is 3. The zero-order valence-corrected chi connectivity index (χ0v) is 29.8. The van der Waals surface area contributed by atoms with Crippen molar-refractivity contribution in [1.29, 1.82) is 0 Å². The lowest BCUT2D eigenvalue weighted by Crippen LogP contribution is -2.48. The number of carbonyl (C=O) groups excluding carboxylic acids is 1. The van der Waals surface area contributed by atoms with Crippen LogP contribution in [-0.2, 0) is 31.1 Å². The Morgan fingerprint density at radius 1 is 1.14 bits per heavy atom. The number of rotatable bonds is 10. The van der Waals surface area contributed by atoms with Crippen molar-refractivity contribution in [3.05, 3.63) is 58.0 Å². The van der Waals surface area contributed by atoms with Crippen molar-refractivity contribution < 1.29 is 43.9 Å². The predicted octanol–water partition coefficient (Wildman–Crippen LogP) is 5.14. The van der Waals surface area contributed by atoms with E-state index in [1.54, 1.807) is 16.9 Å². The number of hydrogen-bond donors (Lipinski definition) is 3. The number of amides is 1. The minimum atomic E-state index is -4.58. The number of carbonyl (C=O) groups is 1. The Balaban J connectivity index is 1.34. The van der Waals surface area contributed by atoms with Gasteiger partial charge in [-0.05, 0) is 42.7 Å². The van der Waals surface area contributed by atoms with Crippen molar-refractivity contribution in [2.45, 2.75) is 62.2 Å². The van der Waals surface area contributed by atoms with Crippen LogP contribution in [0.3, 0.4) is 0 Å². The maximum atomic E-state index is 14.9. The van der Waals surface area contributed by atoms with Crippen molar-refractivity contribution >= 4 is 58.6 Å². The molecule has 1 aliphatic carbocycles. The number of anilines is 2. The van der Waals surface area contributed by atoms with E-state index in [1.807, 2.05) is 6.07 Å². The molecule has 1 saturated heterocycles. The van der Waals surface area contributed by atoms with Gasteiger partial charge in [-0.15, -0.1) is 11.3 Å². The third-order valence-electron chi connectivity index (χ3n) is 8.60. The minimum absolute atomic E-state index is 0.0297. The maximum absolute atomic E-state index is 14.9. The van der Waals surface area contributed by atoms with Crippen LogP contribution in [0.4, 0.5) is 28.9 Å². The number of fused-ring (bicyclic) bond motifs is 1. The lowest BCUT2D eigenvalue weighted by molar-refractivity contribution is -0.127.